The molecular weight excluding hydrogens is 302 g/mol. The first kappa shape index (κ1) is 19.0. The number of nitrogens with zero attached hydrogens (tertiary/aromatic N) is 3. The molecule has 0 radical (unpaired) electrons. The zero-order valence-corrected chi connectivity index (χ0v) is 15.5. The van der Waals surface area contributed by atoms with Gasteiger partial charge in [-0.2, -0.15) is 0 Å². The van der Waals surface area contributed by atoms with E-state index < -0.39 is 0 Å². The van der Waals surface area contributed by atoms with Crippen LogP contribution in [0.1, 0.15) is 46.0 Å². The number of hydrogen-bond acceptors (Lipinski definition) is 3. The molecule has 2 N–H and O–H groups in total. The first-order chi connectivity index (χ1) is 11.7. The molecule has 0 saturated carbocycles. The Kier molecular flexibility index (Phi) is 8.36. The van der Waals surface area contributed by atoms with Gasteiger partial charge in [0, 0.05) is 26.2 Å². The maximum atomic E-state index is 12.1. The SMILES string of the molecule is CCNC(=NCC(=O)N1CCCC1)NCCC1CCN(CC)CC1. The van der Waals surface area contributed by atoms with E-state index in [0.29, 0.717) is 0 Å². The van der Waals surface area contributed by atoms with E-state index in [1.165, 1.54) is 38.9 Å². The first-order valence-corrected chi connectivity index (χ1v) is 9.75. The summed E-state index contributed by atoms with van der Waals surface area (Å²) >= 11 is 0. The summed E-state index contributed by atoms with van der Waals surface area (Å²) in [7, 11) is 0. The molecule has 2 saturated heterocycles. The average Bonchev–Trinajstić information content (AvgIpc) is 3.14. The van der Waals surface area contributed by atoms with Crippen LogP contribution in [0.2, 0.25) is 0 Å². The second-order valence-corrected chi connectivity index (χ2v) is 6.88. The van der Waals surface area contributed by atoms with Crippen LogP contribution in [0.3, 0.4) is 0 Å². The number of piperidine rings is 1. The summed E-state index contributed by atoms with van der Waals surface area (Å²) in [4.78, 5) is 21.0. The Morgan fingerprint density at radius 2 is 1.79 bits per heavy atom. The molecule has 6 heteroatoms. The Morgan fingerprint density at radius 3 is 2.42 bits per heavy atom. The molecule has 0 aromatic carbocycles. The molecule has 138 valence electrons. The molecule has 0 atom stereocenters. The van der Waals surface area contributed by atoms with Crippen LogP contribution in [0.15, 0.2) is 4.99 Å². The molecule has 24 heavy (non-hydrogen) atoms. The van der Waals surface area contributed by atoms with E-state index in [0.717, 1.165) is 50.9 Å². The number of rotatable bonds is 7. The molecule has 0 unspecified atom stereocenters. The number of guanidine groups is 1. The Morgan fingerprint density at radius 1 is 1.08 bits per heavy atom. The zero-order chi connectivity index (χ0) is 17.2. The van der Waals surface area contributed by atoms with Gasteiger partial charge in [-0.1, -0.05) is 6.92 Å². The van der Waals surface area contributed by atoms with Crippen molar-refractivity contribution in [3.63, 3.8) is 0 Å². The summed E-state index contributed by atoms with van der Waals surface area (Å²) < 4.78 is 0. The van der Waals surface area contributed by atoms with Gasteiger partial charge in [0.1, 0.15) is 6.54 Å². The van der Waals surface area contributed by atoms with Gasteiger partial charge >= 0.3 is 0 Å². The summed E-state index contributed by atoms with van der Waals surface area (Å²) in [5, 5.41) is 6.64. The fourth-order valence-electron chi connectivity index (χ4n) is 3.54. The number of aliphatic imine (C=N–C) groups is 1. The van der Waals surface area contributed by atoms with Gasteiger partial charge in [-0.3, -0.25) is 4.79 Å². The Hall–Kier alpha value is -1.30. The van der Waals surface area contributed by atoms with Gasteiger partial charge < -0.3 is 20.4 Å². The standard InChI is InChI=1S/C18H35N5O/c1-3-19-18(21-15-17(24)23-11-5-6-12-23)20-10-7-16-8-13-22(4-2)14-9-16/h16H,3-15H2,1-2H3,(H2,19,20,21). The predicted molar refractivity (Wildman–Crippen MR) is 99.3 cm³/mol. The van der Waals surface area contributed by atoms with Gasteiger partial charge in [0.2, 0.25) is 5.91 Å². The van der Waals surface area contributed by atoms with Crippen LogP contribution in [-0.2, 0) is 4.79 Å². The van der Waals surface area contributed by atoms with E-state index in [1.807, 2.05) is 4.90 Å². The number of hydrogen-bond donors (Lipinski definition) is 2. The van der Waals surface area contributed by atoms with E-state index in [4.69, 9.17) is 0 Å². The van der Waals surface area contributed by atoms with Crippen molar-refractivity contribution < 1.29 is 4.79 Å². The Balaban J connectivity index is 1.68. The summed E-state index contributed by atoms with van der Waals surface area (Å²) in [6.45, 7) is 11.7. The number of nitrogens with one attached hydrogen (secondary N) is 2. The van der Waals surface area contributed by atoms with Gasteiger partial charge in [0.25, 0.3) is 0 Å². The van der Waals surface area contributed by atoms with E-state index in [2.05, 4.69) is 34.4 Å². The number of carbonyl (C=O) groups excluding carboxylic acids is 1. The minimum absolute atomic E-state index is 0.150. The quantitative estimate of drug-likeness (QED) is 0.543. The third-order valence-corrected chi connectivity index (χ3v) is 5.17. The lowest BCUT2D eigenvalue weighted by molar-refractivity contribution is -0.128. The maximum Gasteiger partial charge on any atom is 0.244 e. The highest BCUT2D eigenvalue weighted by Gasteiger charge is 2.18. The molecular formula is C18H35N5O. The van der Waals surface area contributed by atoms with Crippen LogP contribution < -0.4 is 10.6 Å². The lowest BCUT2D eigenvalue weighted by atomic mass is 9.93. The molecule has 2 aliphatic rings. The van der Waals surface area contributed by atoms with Crippen molar-refractivity contribution >= 4 is 11.9 Å². The minimum atomic E-state index is 0.150. The zero-order valence-electron chi connectivity index (χ0n) is 15.5. The molecule has 2 fully saturated rings. The number of likely N-dealkylation sites (tertiary alicyclic amines) is 2. The van der Waals surface area contributed by atoms with Crippen molar-refractivity contribution in [2.75, 3.05) is 52.4 Å². The molecule has 2 heterocycles. The predicted octanol–water partition coefficient (Wildman–Crippen LogP) is 1.29. The van der Waals surface area contributed by atoms with Crippen LogP contribution in [0, 0.1) is 5.92 Å². The molecule has 6 nitrogen and oxygen atoms in total. The normalized spacial score (nSPS) is 20.4. The van der Waals surface area contributed by atoms with Crippen molar-refractivity contribution in [3.8, 4) is 0 Å². The fourth-order valence-corrected chi connectivity index (χ4v) is 3.54. The van der Waals surface area contributed by atoms with Gasteiger partial charge in [-0.25, -0.2) is 4.99 Å². The van der Waals surface area contributed by atoms with Crippen LogP contribution in [0.4, 0.5) is 0 Å². The van der Waals surface area contributed by atoms with Crippen molar-refractivity contribution in [1.82, 2.24) is 20.4 Å². The average molecular weight is 338 g/mol. The summed E-state index contributed by atoms with van der Waals surface area (Å²) in [6.07, 6.45) is 6.05. The molecule has 0 bridgehead atoms. The molecule has 2 aliphatic heterocycles. The lowest BCUT2D eigenvalue weighted by Crippen LogP contribution is -2.40. The highest BCUT2D eigenvalue weighted by molar-refractivity contribution is 5.85. The molecule has 0 aromatic heterocycles. The maximum absolute atomic E-state index is 12.1. The topological polar surface area (TPSA) is 60.0 Å². The number of amides is 1. The highest BCUT2D eigenvalue weighted by atomic mass is 16.2. The monoisotopic (exact) mass is 337 g/mol. The van der Waals surface area contributed by atoms with Crippen LogP contribution in [0.5, 0.6) is 0 Å². The molecule has 0 aromatic rings. The summed E-state index contributed by atoms with van der Waals surface area (Å²) in [5.41, 5.74) is 0. The van der Waals surface area contributed by atoms with Crippen LogP contribution in [0.25, 0.3) is 0 Å². The largest absolute Gasteiger partial charge is 0.357 e. The fraction of sp³-hybridized carbons (Fsp3) is 0.889. The smallest absolute Gasteiger partial charge is 0.244 e. The van der Waals surface area contributed by atoms with Gasteiger partial charge in [0.15, 0.2) is 5.96 Å². The lowest BCUT2D eigenvalue weighted by Gasteiger charge is -2.31. The first-order valence-electron chi connectivity index (χ1n) is 9.75. The van der Waals surface area contributed by atoms with Gasteiger partial charge in [-0.05, 0) is 64.6 Å². The third-order valence-electron chi connectivity index (χ3n) is 5.17. The Bertz CT molecular complexity index is 398. The van der Waals surface area contributed by atoms with Crippen molar-refractivity contribution in [2.45, 2.75) is 46.0 Å². The molecule has 2 rings (SSSR count). The van der Waals surface area contributed by atoms with E-state index in [1.54, 1.807) is 0 Å². The van der Waals surface area contributed by atoms with Crippen LogP contribution >= 0.6 is 0 Å². The van der Waals surface area contributed by atoms with Gasteiger partial charge in [-0.15, -0.1) is 0 Å². The highest BCUT2D eigenvalue weighted by Crippen LogP contribution is 2.19. The summed E-state index contributed by atoms with van der Waals surface area (Å²) in [5.74, 6) is 1.74. The van der Waals surface area contributed by atoms with E-state index >= 15 is 0 Å². The van der Waals surface area contributed by atoms with Crippen molar-refractivity contribution in [1.29, 1.82) is 0 Å². The molecule has 0 spiro atoms. The third kappa shape index (κ3) is 6.30. The Labute approximate surface area is 147 Å². The van der Waals surface area contributed by atoms with Crippen LogP contribution in [-0.4, -0.2) is 74.0 Å². The second kappa shape index (κ2) is 10.5. The van der Waals surface area contributed by atoms with E-state index in [-0.39, 0.29) is 12.5 Å². The number of carbonyl (C=O) groups is 1. The summed E-state index contributed by atoms with van der Waals surface area (Å²) in [6, 6.07) is 0. The molecule has 0 aliphatic carbocycles. The van der Waals surface area contributed by atoms with Gasteiger partial charge in [0.05, 0.1) is 0 Å². The van der Waals surface area contributed by atoms with Crippen molar-refractivity contribution in [2.24, 2.45) is 10.9 Å². The molecule has 1 amide bonds. The van der Waals surface area contributed by atoms with Crippen molar-refractivity contribution in [3.05, 3.63) is 0 Å². The minimum Gasteiger partial charge on any atom is -0.357 e. The van der Waals surface area contributed by atoms with E-state index in [9.17, 15) is 4.79 Å². The second-order valence-electron chi connectivity index (χ2n) is 6.88.